The number of nitrogens with zero attached hydrogens (tertiary/aromatic N) is 1. The number of rotatable bonds is 5. The molecule has 4 unspecified atom stereocenters. The van der Waals surface area contributed by atoms with Crippen LogP contribution in [0.5, 0.6) is 0 Å². The van der Waals surface area contributed by atoms with E-state index in [1.165, 1.54) is 19.1 Å². The maximum atomic E-state index is 13.8. The topological polar surface area (TPSA) is 86.7 Å². The Balaban J connectivity index is 1.88. The summed E-state index contributed by atoms with van der Waals surface area (Å²) in [4.78, 5) is 40.8. The number of nitrogens with one attached hydrogen (secondary N) is 1. The molecule has 0 saturated carbocycles. The number of aryl methyl sites for hydroxylation is 2. The molecule has 34 heavy (non-hydrogen) atoms. The zero-order valence-electron chi connectivity index (χ0n) is 18.9. The lowest BCUT2D eigenvalue weighted by Gasteiger charge is -2.29. The predicted molar refractivity (Wildman–Crippen MR) is 118 cm³/mol. The summed E-state index contributed by atoms with van der Waals surface area (Å²) in [6.07, 6.45) is -3.52. The molecule has 2 saturated heterocycles. The van der Waals surface area contributed by atoms with Gasteiger partial charge in [0, 0.05) is 6.04 Å². The number of carbonyl (C=O) groups excluding carboxylic acids is 2. The van der Waals surface area contributed by atoms with Crippen molar-refractivity contribution < 1.29 is 32.7 Å². The standard InChI is InChI=1S/C25H25F3N2O4/c1-4-13-8-6-9-14(5-2)20(13)30-21(31)17-18(22(30)32)24(3,23(33)34)29-19(17)15-10-7-11-16(12-15)25(26,27)28/h6-12,17-19,29H,4-5H2,1-3H3,(H,33,34). The average molecular weight is 474 g/mol. The summed E-state index contributed by atoms with van der Waals surface area (Å²) in [7, 11) is 0. The van der Waals surface area contributed by atoms with Crippen LogP contribution in [0.15, 0.2) is 42.5 Å². The lowest BCUT2D eigenvalue weighted by atomic mass is 9.80. The second-order valence-corrected chi connectivity index (χ2v) is 8.90. The summed E-state index contributed by atoms with van der Waals surface area (Å²) in [6, 6.07) is 8.81. The van der Waals surface area contributed by atoms with Gasteiger partial charge in [0.05, 0.1) is 23.1 Å². The van der Waals surface area contributed by atoms with Crippen LogP contribution in [0.4, 0.5) is 18.9 Å². The Morgan fingerprint density at radius 2 is 1.65 bits per heavy atom. The Bertz CT molecular complexity index is 1160. The molecule has 2 amide bonds. The number of carboxylic acid groups (broad SMARTS) is 1. The highest BCUT2D eigenvalue weighted by molar-refractivity contribution is 6.24. The Hall–Kier alpha value is -3.20. The van der Waals surface area contributed by atoms with E-state index in [0.717, 1.165) is 28.2 Å². The van der Waals surface area contributed by atoms with E-state index in [1.54, 1.807) is 0 Å². The zero-order chi connectivity index (χ0) is 25.0. The summed E-state index contributed by atoms with van der Waals surface area (Å²) in [5.74, 6) is -5.04. The minimum absolute atomic E-state index is 0.109. The predicted octanol–water partition coefficient (Wildman–Crippen LogP) is 4.12. The van der Waals surface area contributed by atoms with Crippen molar-refractivity contribution in [1.29, 1.82) is 0 Å². The highest BCUT2D eigenvalue weighted by Gasteiger charge is 2.67. The fourth-order valence-corrected chi connectivity index (χ4v) is 5.25. The largest absolute Gasteiger partial charge is 0.480 e. The SMILES string of the molecule is CCc1cccc(CC)c1N1C(=O)C2C(c3cccc(C(F)(F)F)c3)NC(C)(C(=O)O)C2C1=O. The molecule has 0 aliphatic carbocycles. The van der Waals surface area contributed by atoms with Crippen LogP contribution >= 0.6 is 0 Å². The summed E-state index contributed by atoms with van der Waals surface area (Å²) >= 11 is 0. The Morgan fingerprint density at radius 1 is 1.06 bits per heavy atom. The van der Waals surface area contributed by atoms with E-state index < -0.39 is 52.9 Å². The van der Waals surface area contributed by atoms with Gasteiger partial charge in [0.25, 0.3) is 0 Å². The van der Waals surface area contributed by atoms with Gasteiger partial charge in [-0.2, -0.15) is 13.2 Å². The van der Waals surface area contributed by atoms with E-state index >= 15 is 0 Å². The van der Waals surface area contributed by atoms with Gasteiger partial charge < -0.3 is 5.11 Å². The van der Waals surface area contributed by atoms with Crippen LogP contribution in [0.25, 0.3) is 0 Å². The highest BCUT2D eigenvalue weighted by atomic mass is 19.4. The molecule has 2 heterocycles. The van der Waals surface area contributed by atoms with Gasteiger partial charge >= 0.3 is 12.1 Å². The molecule has 0 radical (unpaired) electrons. The third-order valence-electron chi connectivity index (χ3n) is 6.99. The second-order valence-electron chi connectivity index (χ2n) is 8.90. The molecule has 2 N–H and O–H groups in total. The maximum Gasteiger partial charge on any atom is 0.416 e. The normalized spacial score (nSPS) is 26.8. The van der Waals surface area contributed by atoms with Gasteiger partial charge in [-0.25, -0.2) is 4.90 Å². The van der Waals surface area contributed by atoms with Crippen molar-refractivity contribution in [3.05, 3.63) is 64.7 Å². The second kappa shape index (κ2) is 8.23. The van der Waals surface area contributed by atoms with E-state index in [1.807, 2.05) is 32.0 Å². The molecule has 9 heteroatoms. The lowest BCUT2D eigenvalue weighted by Crippen LogP contribution is -2.53. The summed E-state index contributed by atoms with van der Waals surface area (Å²) in [6.45, 7) is 5.08. The highest BCUT2D eigenvalue weighted by Crippen LogP contribution is 2.51. The molecule has 4 rings (SSSR count). The number of amides is 2. The number of hydrogen-bond acceptors (Lipinski definition) is 4. The zero-order valence-corrected chi connectivity index (χ0v) is 18.9. The van der Waals surface area contributed by atoms with Crippen LogP contribution in [0.2, 0.25) is 0 Å². The summed E-state index contributed by atoms with van der Waals surface area (Å²) < 4.78 is 40.0. The van der Waals surface area contributed by atoms with E-state index in [9.17, 15) is 32.7 Å². The molecule has 0 bridgehead atoms. The van der Waals surface area contributed by atoms with Gasteiger partial charge in [-0.15, -0.1) is 0 Å². The first-order chi connectivity index (χ1) is 16.0. The smallest absolute Gasteiger partial charge is 0.416 e. The lowest BCUT2D eigenvalue weighted by molar-refractivity contribution is -0.147. The maximum absolute atomic E-state index is 13.8. The number of benzene rings is 2. The average Bonchev–Trinajstić information content (AvgIpc) is 3.26. The minimum Gasteiger partial charge on any atom is -0.480 e. The molecule has 6 nitrogen and oxygen atoms in total. The molecular weight excluding hydrogens is 449 g/mol. The molecule has 180 valence electrons. The number of aliphatic carboxylic acids is 1. The minimum atomic E-state index is -4.61. The van der Waals surface area contributed by atoms with Crippen LogP contribution in [-0.4, -0.2) is 28.4 Å². The van der Waals surface area contributed by atoms with Gasteiger partial charge in [-0.3, -0.25) is 19.7 Å². The van der Waals surface area contributed by atoms with Crippen LogP contribution in [0.3, 0.4) is 0 Å². The molecule has 2 fully saturated rings. The van der Waals surface area contributed by atoms with Gasteiger partial charge in [-0.05, 0) is 48.6 Å². The Kier molecular flexibility index (Phi) is 5.80. The Labute approximate surface area is 194 Å². The molecule has 2 aromatic rings. The third kappa shape index (κ3) is 3.50. The van der Waals surface area contributed by atoms with Crippen LogP contribution in [0, 0.1) is 11.8 Å². The first-order valence-electron chi connectivity index (χ1n) is 11.1. The molecule has 2 aromatic carbocycles. The van der Waals surface area contributed by atoms with Gasteiger partial charge in [-0.1, -0.05) is 44.2 Å². The Morgan fingerprint density at radius 3 is 2.18 bits per heavy atom. The number of alkyl halides is 3. The quantitative estimate of drug-likeness (QED) is 0.637. The number of fused-ring (bicyclic) bond motifs is 1. The molecule has 2 aliphatic heterocycles. The van der Waals surface area contributed by atoms with Gasteiger partial charge in [0.15, 0.2) is 0 Å². The number of para-hydroxylation sites is 1. The van der Waals surface area contributed by atoms with Gasteiger partial charge in [0.1, 0.15) is 5.54 Å². The number of hydrogen-bond donors (Lipinski definition) is 2. The van der Waals surface area contributed by atoms with E-state index in [0.29, 0.717) is 18.5 Å². The van der Waals surface area contributed by atoms with Crippen molar-refractivity contribution in [2.75, 3.05) is 4.90 Å². The van der Waals surface area contributed by atoms with Gasteiger partial charge in [0.2, 0.25) is 11.8 Å². The number of carbonyl (C=O) groups is 3. The first kappa shape index (κ1) is 23.9. The molecule has 0 aromatic heterocycles. The molecule has 4 atom stereocenters. The van der Waals surface area contributed by atoms with E-state index in [-0.39, 0.29) is 5.56 Å². The molecule has 0 spiro atoms. The summed E-state index contributed by atoms with van der Waals surface area (Å²) in [5.41, 5.74) is -0.656. The van der Waals surface area contributed by atoms with Crippen molar-refractivity contribution in [2.24, 2.45) is 11.8 Å². The fourth-order valence-electron chi connectivity index (χ4n) is 5.25. The van der Waals surface area contributed by atoms with Crippen molar-refractivity contribution in [2.45, 2.75) is 51.4 Å². The van der Waals surface area contributed by atoms with Crippen molar-refractivity contribution in [1.82, 2.24) is 5.32 Å². The van der Waals surface area contributed by atoms with Crippen LogP contribution in [0.1, 0.15) is 49.1 Å². The van der Waals surface area contributed by atoms with Crippen molar-refractivity contribution >= 4 is 23.5 Å². The van der Waals surface area contributed by atoms with Crippen molar-refractivity contribution in [3.8, 4) is 0 Å². The van der Waals surface area contributed by atoms with Crippen LogP contribution in [-0.2, 0) is 33.4 Å². The van der Waals surface area contributed by atoms with E-state index in [2.05, 4.69) is 5.32 Å². The fraction of sp³-hybridized carbons (Fsp3) is 0.400. The van der Waals surface area contributed by atoms with Crippen LogP contribution < -0.4 is 10.2 Å². The van der Waals surface area contributed by atoms with Crippen molar-refractivity contribution in [3.63, 3.8) is 0 Å². The van der Waals surface area contributed by atoms with E-state index in [4.69, 9.17) is 0 Å². The number of imide groups is 1. The number of halogens is 3. The number of anilines is 1. The molecular formula is C25H25F3N2O4. The monoisotopic (exact) mass is 474 g/mol. The third-order valence-corrected chi connectivity index (χ3v) is 6.99. The first-order valence-corrected chi connectivity index (χ1v) is 11.1. The summed E-state index contributed by atoms with van der Waals surface area (Å²) in [5, 5.41) is 12.8. The molecule has 2 aliphatic rings. The number of carboxylic acids is 1.